The first-order valence-corrected chi connectivity index (χ1v) is 6.24. The average molecular weight is 362 g/mol. The van der Waals surface area contributed by atoms with Crippen LogP contribution in [0.25, 0.3) is 0 Å². The highest BCUT2D eigenvalue weighted by molar-refractivity contribution is 14.1. The Morgan fingerprint density at radius 2 is 2.05 bits per heavy atom. The summed E-state index contributed by atoms with van der Waals surface area (Å²) in [5.41, 5.74) is 7.03. The molecule has 0 aliphatic heterocycles. The molecular weight excluding hydrogens is 355 g/mol. The van der Waals surface area contributed by atoms with Gasteiger partial charge in [-0.2, -0.15) is 10.5 Å². The topological polar surface area (TPSA) is 95.7 Å². The van der Waals surface area contributed by atoms with Crippen molar-refractivity contribution in [1.82, 2.24) is 4.98 Å². The van der Waals surface area contributed by atoms with Gasteiger partial charge in [0.15, 0.2) is 11.5 Å². The van der Waals surface area contributed by atoms with Crippen molar-refractivity contribution in [3.05, 3.63) is 45.3 Å². The van der Waals surface area contributed by atoms with Gasteiger partial charge in [-0.25, -0.2) is 0 Å². The Hall–Kier alpha value is -2.32. The number of nitrogen functional groups attached to an aromatic ring is 1. The van der Waals surface area contributed by atoms with Crippen LogP contribution in [0, 0.1) is 26.2 Å². The fraction of sp³-hybridized carbons (Fsp3) is 0. The standard InChI is InChI=1S/C13H7IN4O/c14-10-3-8(5-15)4-11(17)13(10)19-12-7-18-2-1-9(12)6-16/h1-4,7H,17H2. The number of hydrogen-bond acceptors (Lipinski definition) is 5. The van der Waals surface area contributed by atoms with E-state index in [4.69, 9.17) is 21.0 Å². The molecule has 0 saturated heterocycles. The third kappa shape index (κ3) is 2.75. The van der Waals surface area contributed by atoms with Crippen molar-refractivity contribution in [2.75, 3.05) is 5.73 Å². The second-order valence-electron chi connectivity index (χ2n) is 3.57. The minimum atomic E-state index is 0.333. The van der Waals surface area contributed by atoms with E-state index in [1.807, 2.05) is 34.7 Å². The van der Waals surface area contributed by atoms with Crippen molar-refractivity contribution in [3.8, 4) is 23.6 Å². The van der Waals surface area contributed by atoms with Crippen LogP contribution in [-0.4, -0.2) is 4.98 Å². The lowest BCUT2D eigenvalue weighted by molar-refractivity contribution is 0.477. The van der Waals surface area contributed by atoms with E-state index in [-0.39, 0.29) is 0 Å². The molecule has 2 rings (SSSR count). The second-order valence-corrected chi connectivity index (χ2v) is 4.74. The predicted molar refractivity (Wildman–Crippen MR) is 77.3 cm³/mol. The number of nitrogens with zero attached hydrogens (tertiary/aromatic N) is 3. The summed E-state index contributed by atoms with van der Waals surface area (Å²) in [4.78, 5) is 3.91. The van der Waals surface area contributed by atoms with Crippen LogP contribution >= 0.6 is 22.6 Å². The lowest BCUT2D eigenvalue weighted by atomic mass is 10.2. The number of rotatable bonds is 2. The van der Waals surface area contributed by atoms with Crippen molar-refractivity contribution in [1.29, 1.82) is 10.5 Å². The Bertz CT molecular complexity index is 692. The summed E-state index contributed by atoms with van der Waals surface area (Å²) in [6.07, 6.45) is 2.96. The summed E-state index contributed by atoms with van der Waals surface area (Å²) < 4.78 is 6.33. The van der Waals surface area contributed by atoms with E-state index in [1.54, 1.807) is 12.1 Å². The molecule has 2 N–H and O–H groups in total. The van der Waals surface area contributed by atoms with E-state index in [0.29, 0.717) is 31.9 Å². The molecule has 0 radical (unpaired) electrons. The largest absolute Gasteiger partial charge is 0.451 e. The highest BCUT2D eigenvalue weighted by Crippen LogP contribution is 2.34. The highest BCUT2D eigenvalue weighted by atomic mass is 127. The maximum absolute atomic E-state index is 8.98. The molecule has 1 heterocycles. The smallest absolute Gasteiger partial charge is 0.163 e. The van der Waals surface area contributed by atoms with Gasteiger partial charge in [-0.05, 0) is 40.8 Å². The molecule has 0 spiro atoms. The number of nitrogens with two attached hydrogens (primary N) is 1. The number of nitriles is 2. The number of halogens is 1. The molecule has 0 saturated carbocycles. The number of ether oxygens (including phenoxy) is 1. The minimum Gasteiger partial charge on any atom is -0.451 e. The molecule has 1 aromatic carbocycles. The zero-order valence-electron chi connectivity index (χ0n) is 9.59. The lowest BCUT2D eigenvalue weighted by Gasteiger charge is -2.11. The minimum absolute atomic E-state index is 0.333. The summed E-state index contributed by atoms with van der Waals surface area (Å²) in [6.45, 7) is 0. The molecule has 0 atom stereocenters. The normalized spacial score (nSPS) is 9.42. The van der Waals surface area contributed by atoms with Crippen molar-refractivity contribution < 1.29 is 4.74 Å². The number of pyridine rings is 1. The highest BCUT2D eigenvalue weighted by Gasteiger charge is 2.12. The van der Waals surface area contributed by atoms with E-state index < -0.39 is 0 Å². The van der Waals surface area contributed by atoms with Gasteiger partial charge in [0.1, 0.15) is 6.07 Å². The van der Waals surface area contributed by atoms with Crippen LogP contribution in [0.4, 0.5) is 5.69 Å². The molecule has 0 bridgehead atoms. The van der Waals surface area contributed by atoms with Crippen LogP contribution in [0.2, 0.25) is 0 Å². The van der Waals surface area contributed by atoms with Gasteiger partial charge in [0.2, 0.25) is 0 Å². The Kier molecular flexibility index (Phi) is 3.83. The van der Waals surface area contributed by atoms with Gasteiger partial charge < -0.3 is 10.5 Å². The summed E-state index contributed by atoms with van der Waals surface area (Å²) in [6, 6.07) is 8.78. The van der Waals surface area contributed by atoms with Crippen LogP contribution < -0.4 is 10.5 Å². The first kappa shape index (κ1) is 13.1. The molecule has 1 aromatic heterocycles. The zero-order valence-corrected chi connectivity index (χ0v) is 11.7. The number of aromatic nitrogens is 1. The first-order chi connectivity index (χ1) is 9.15. The molecule has 0 aliphatic rings. The number of hydrogen-bond donors (Lipinski definition) is 1. The van der Waals surface area contributed by atoms with Crippen molar-refractivity contribution >= 4 is 28.3 Å². The van der Waals surface area contributed by atoms with Gasteiger partial charge in [0.25, 0.3) is 0 Å². The van der Waals surface area contributed by atoms with E-state index in [2.05, 4.69) is 4.98 Å². The van der Waals surface area contributed by atoms with Crippen LogP contribution in [0.3, 0.4) is 0 Å². The maximum atomic E-state index is 8.98. The van der Waals surface area contributed by atoms with E-state index in [0.717, 1.165) is 0 Å². The van der Waals surface area contributed by atoms with Gasteiger partial charge in [-0.15, -0.1) is 0 Å². The Morgan fingerprint density at radius 3 is 2.68 bits per heavy atom. The molecule has 6 heteroatoms. The summed E-state index contributed by atoms with van der Waals surface area (Å²) in [7, 11) is 0. The second kappa shape index (κ2) is 5.55. The third-order valence-corrected chi connectivity index (χ3v) is 3.12. The van der Waals surface area contributed by atoms with Gasteiger partial charge in [0, 0.05) is 6.20 Å². The van der Waals surface area contributed by atoms with E-state index >= 15 is 0 Å². The van der Waals surface area contributed by atoms with Gasteiger partial charge in [-0.1, -0.05) is 0 Å². The van der Waals surface area contributed by atoms with Crippen molar-refractivity contribution in [2.45, 2.75) is 0 Å². The molecule has 2 aromatic rings. The molecule has 92 valence electrons. The Balaban J connectivity index is 2.45. The van der Waals surface area contributed by atoms with E-state index in [9.17, 15) is 0 Å². The first-order valence-electron chi connectivity index (χ1n) is 5.16. The van der Waals surface area contributed by atoms with Crippen LogP contribution in [0.5, 0.6) is 11.5 Å². The van der Waals surface area contributed by atoms with Crippen molar-refractivity contribution in [3.63, 3.8) is 0 Å². The van der Waals surface area contributed by atoms with E-state index in [1.165, 1.54) is 18.5 Å². The molecule has 5 nitrogen and oxygen atoms in total. The number of anilines is 1. The molecule has 0 amide bonds. The Labute approximate surface area is 123 Å². The summed E-state index contributed by atoms with van der Waals surface area (Å²) in [5.74, 6) is 0.753. The molecule has 0 unspecified atom stereocenters. The van der Waals surface area contributed by atoms with Gasteiger partial charge in [0.05, 0.1) is 32.7 Å². The SMILES string of the molecule is N#Cc1cc(N)c(Oc2cnccc2C#N)c(I)c1. The van der Waals surface area contributed by atoms with Crippen LogP contribution in [-0.2, 0) is 0 Å². The number of benzene rings is 1. The van der Waals surface area contributed by atoms with Crippen LogP contribution in [0.15, 0.2) is 30.6 Å². The molecule has 0 aliphatic carbocycles. The Morgan fingerprint density at radius 1 is 1.26 bits per heavy atom. The predicted octanol–water partition coefficient (Wildman–Crippen LogP) is 2.80. The quantitative estimate of drug-likeness (QED) is 0.655. The lowest BCUT2D eigenvalue weighted by Crippen LogP contribution is -1.97. The van der Waals surface area contributed by atoms with Crippen LogP contribution in [0.1, 0.15) is 11.1 Å². The molecule has 19 heavy (non-hydrogen) atoms. The average Bonchev–Trinajstić information content (AvgIpc) is 2.43. The summed E-state index contributed by atoms with van der Waals surface area (Å²) in [5, 5.41) is 17.8. The third-order valence-electron chi connectivity index (χ3n) is 2.32. The zero-order chi connectivity index (χ0) is 13.8. The maximum Gasteiger partial charge on any atom is 0.163 e. The molecular formula is C13H7IN4O. The van der Waals surface area contributed by atoms with Gasteiger partial charge in [-0.3, -0.25) is 4.98 Å². The van der Waals surface area contributed by atoms with Crippen molar-refractivity contribution in [2.24, 2.45) is 0 Å². The summed E-state index contributed by atoms with van der Waals surface area (Å²) >= 11 is 2.03. The molecule has 0 fully saturated rings. The fourth-order valence-electron chi connectivity index (χ4n) is 1.45. The van der Waals surface area contributed by atoms with Gasteiger partial charge >= 0.3 is 0 Å². The fourth-order valence-corrected chi connectivity index (χ4v) is 2.21. The monoisotopic (exact) mass is 362 g/mol.